The van der Waals surface area contributed by atoms with E-state index in [1.807, 2.05) is 60.9 Å². The molecule has 0 aliphatic carbocycles. The van der Waals surface area contributed by atoms with Gasteiger partial charge in [-0.05, 0) is 32.3 Å². The number of hydrogen-bond donors (Lipinski definition) is 1. The lowest BCUT2D eigenvalue weighted by Gasteiger charge is -2.15. The van der Waals surface area contributed by atoms with Gasteiger partial charge in [-0.2, -0.15) is 0 Å². The highest BCUT2D eigenvalue weighted by molar-refractivity contribution is 5.97. The van der Waals surface area contributed by atoms with Crippen molar-refractivity contribution in [2.75, 3.05) is 0 Å². The zero-order valence-corrected chi connectivity index (χ0v) is 14.7. The van der Waals surface area contributed by atoms with Crippen LogP contribution in [0.5, 0.6) is 0 Å². The zero-order valence-electron chi connectivity index (χ0n) is 14.7. The van der Waals surface area contributed by atoms with Crippen molar-refractivity contribution in [1.82, 2.24) is 9.88 Å². The lowest BCUT2D eigenvalue weighted by molar-refractivity contribution is 0.0930. The fourth-order valence-electron chi connectivity index (χ4n) is 2.97. The first-order valence-electron chi connectivity index (χ1n) is 8.71. The van der Waals surface area contributed by atoms with Crippen LogP contribution in [0.4, 0.5) is 0 Å². The molecule has 0 aliphatic rings. The number of nitrogens with zero attached hydrogens (tertiary/aromatic N) is 1. The molecule has 0 bridgehead atoms. The number of carbonyl (C=O) groups excluding carboxylic acids is 1. The average molecular weight is 336 g/mol. The minimum atomic E-state index is -0.0588. The number of aryl methyl sites for hydroxylation is 1. The number of fused-ring (bicyclic) bond motifs is 1. The van der Waals surface area contributed by atoms with Crippen molar-refractivity contribution in [2.45, 2.75) is 39.3 Å². The second kappa shape index (κ2) is 7.88. The summed E-state index contributed by atoms with van der Waals surface area (Å²) in [6, 6.07) is 14.2. The Labute approximate surface area is 148 Å². The molecule has 2 heterocycles. The average Bonchev–Trinajstić information content (AvgIpc) is 3.20. The predicted octanol–water partition coefficient (Wildman–Crippen LogP) is 4.56. The van der Waals surface area contributed by atoms with Gasteiger partial charge in [-0.1, -0.05) is 42.5 Å². The molecule has 1 N–H and O–H groups in total. The summed E-state index contributed by atoms with van der Waals surface area (Å²) in [7, 11) is 0. The summed E-state index contributed by atoms with van der Waals surface area (Å²) in [6.07, 6.45) is 7.52. The van der Waals surface area contributed by atoms with Gasteiger partial charge >= 0.3 is 0 Å². The number of rotatable bonds is 7. The van der Waals surface area contributed by atoms with Crippen LogP contribution in [0.25, 0.3) is 11.1 Å². The first-order valence-corrected chi connectivity index (χ1v) is 8.71. The number of allylic oxidation sites excluding steroid dienone is 2. The maximum atomic E-state index is 12.7. The van der Waals surface area contributed by atoms with Crippen molar-refractivity contribution in [3.8, 4) is 0 Å². The molecule has 1 unspecified atom stereocenters. The number of hydrogen-bond acceptors (Lipinski definition) is 2. The molecule has 25 heavy (non-hydrogen) atoms. The molecular formula is C21H24N2O2. The maximum absolute atomic E-state index is 12.7. The van der Waals surface area contributed by atoms with E-state index in [9.17, 15) is 4.79 Å². The molecule has 0 saturated carbocycles. The third-order valence-electron chi connectivity index (χ3n) is 4.37. The van der Waals surface area contributed by atoms with E-state index in [0.29, 0.717) is 12.2 Å². The summed E-state index contributed by atoms with van der Waals surface area (Å²) in [6.45, 7) is 4.67. The minimum absolute atomic E-state index is 0.0588. The van der Waals surface area contributed by atoms with Crippen LogP contribution in [0.2, 0.25) is 0 Å². The third kappa shape index (κ3) is 4.02. The quantitative estimate of drug-likeness (QED) is 0.643. The molecule has 0 radical (unpaired) electrons. The van der Waals surface area contributed by atoms with E-state index in [1.165, 1.54) is 5.56 Å². The van der Waals surface area contributed by atoms with Gasteiger partial charge in [-0.25, -0.2) is 0 Å². The summed E-state index contributed by atoms with van der Waals surface area (Å²) in [5, 5.41) is 3.11. The summed E-state index contributed by atoms with van der Waals surface area (Å²) in [5.74, 6) is -0.0588. The highest BCUT2D eigenvalue weighted by Gasteiger charge is 2.18. The Bertz CT molecular complexity index is 859. The highest BCUT2D eigenvalue weighted by Crippen LogP contribution is 2.21. The SMILES string of the molecule is C/C=C\Cn1c(C(=O)NC(C)CCc2ccccc2)cc2occc21. The van der Waals surface area contributed by atoms with Crippen molar-refractivity contribution in [3.63, 3.8) is 0 Å². The first kappa shape index (κ1) is 17.1. The Morgan fingerprint density at radius 1 is 1.28 bits per heavy atom. The molecule has 0 saturated heterocycles. The van der Waals surface area contributed by atoms with Gasteiger partial charge in [-0.15, -0.1) is 0 Å². The van der Waals surface area contributed by atoms with Gasteiger partial charge in [0.05, 0.1) is 11.8 Å². The molecule has 1 aromatic carbocycles. The van der Waals surface area contributed by atoms with E-state index in [1.54, 1.807) is 6.26 Å². The van der Waals surface area contributed by atoms with Crippen LogP contribution in [0.3, 0.4) is 0 Å². The molecule has 130 valence electrons. The molecule has 0 aliphatic heterocycles. The van der Waals surface area contributed by atoms with Crippen molar-refractivity contribution < 1.29 is 9.21 Å². The Morgan fingerprint density at radius 3 is 2.84 bits per heavy atom. The molecule has 3 rings (SSSR count). The standard InChI is InChI=1S/C21H24N2O2/c1-3-4-13-23-18-12-14-25-20(18)15-19(23)21(24)22-16(2)10-11-17-8-6-5-7-9-17/h3-9,12,14-16H,10-11,13H2,1-2H3,(H,22,24)/b4-3-. The predicted molar refractivity (Wildman–Crippen MR) is 101 cm³/mol. The van der Waals surface area contributed by atoms with E-state index >= 15 is 0 Å². The summed E-state index contributed by atoms with van der Waals surface area (Å²) >= 11 is 0. The van der Waals surface area contributed by atoms with E-state index in [0.717, 1.165) is 23.9 Å². The van der Waals surface area contributed by atoms with Crippen molar-refractivity contribution >= 4 is 17.0 Å². The largest absolute Gasteiger partial charge is 0.463 e. The maximum Gasteiger partial charge on any atom is 0.268 e. The smallest absolute Gasteiger partial charge is 0.268 e. The Morgan fingerprint density at radius 2 is 2.08 bits per heavy atom. The molecule has 0 fully saturated rings. The van der Waals surface area contributed by atoms with E-state index < -0.39 is 0 Å². The lowest BCUT2D eigenvalue weighted by Crippen LogP contribution is -2.34. The minimum Gasteiger partial charge on any atom is -0.463 e. The van der Waals surface area contributed by atoms with Crippen LogP contribution < -0.4 is 5.32 Å². The van der Waals surface area contributed by atoms with Crippen LogP contribution in [0, 0.1) is 0 Å². The van der Waals surface area contributed by atoms with Gasteiger partial charge in [-0.3, -0.25) is 4.79 Å². The van der Waals surface area contributed by atoms with Gasteiger partial charge in [0.15, 0.2) is 5.58 Å². The topological polar surface area (TPSA) is 47.2 Å². The third-order valence-corrected chi connectivity index (χ3v) is 4.37. The van der Waals surface area contributed by atoms with Gasteiger partial charge in [0.2, 0.25) is 0 Å². The molecule has 1 amide bonds. The van der Waals surface area contributed by atoms with Crippen LogP contribution in [-0.2, 0) is 13.0 Å². The van der Waals surface area contributed by atoms with Crippen molar-refractivity contribution in [1.29, 1.82) is 0 Å². The van der Waals surface area contributed by atoms with Crippen LogP contribution in [-0.4, -0.2) is 16.5 Å². The number of amides is 1. The molecule has 0 spiro atoms. The summed E-state index contributed by atoms with van der Waals surface area (Å²) in [5.41, 5.74) is 3.61. The monoisotopic (exact) mass is 336 g/mol. The van der Waals surface area contributed by atoms with Gasteiger partial charge in [0, 0.05) is 24.7 Å². The fourth-order valence-corrected chi connectivity index (χ4v) is 2.97. The normalized spacial score (nSPS) is 12.7. The number of carbonyl (C=O) groups is 1. The molecule has 2 aromatic heterocycles. The van der Waals surface area contributed by atoms with Crippen LogP contribution >= 0.6 is 0 Å². The number of benzene rings is 1. The first-order chi connectivity index (χ1) is 12.2. The van der Waals surface area contributed by atoms with Gasteiger partial charge in [0.25, 0.3) is 5.91 Å². The molecular weight excluding hydrogens is 312 g/mol. The van der Waals surface area contributed by atoms with E-state index in [-0.39, 0.29) is 11.9 Å². The fraction of sp³-hybridized carbons (Fsp3) is 0.286. The van der Waals surface area contributed by atoms with Gasteiger partial charge in [0.1, 0.15) is 5.69 Å². The number of nitrogens with one attached hydrogen (secondary N) is 1. The van der Waals surface area contributed by atoms with Crippen molar-refractivity contribution in [2.24, 2.45) is 0 Å². The van der Waals surface area contributed by atoms with Crippen molar-refractivity contribution in [3.05, 3.63) is 72.1 Å². The van der Waals surface area contributed by atoms with Gasteiger partial charge < -0.3 is 14.3 Å². The number of aromatic nitrogens is 1. The number of furan rings is 1. The molecule has 1 atom stereocenters. The Balaban J connectivity index is 1.68. The Kier molecular flexibility index (Phi) is 5.39. The Hall–Kier alpha value is -2.75. The summed E-state index contributed by atoms with van der Waals surface area (Å²) in [4.78, 5) is 12.7. The van der Waals surface area contributed by atoms with Crippen LogP contribution in [0.15, 0.2) is 65.3 Å². The van der Waals surface area contributed by atoms with E-state index in [2.05, 4.69) is 17.4 Å². The summed E-state index contributed by atoms with van der Waals surface area (Å²) < 4.78 is 7.44. The second-order valence-electron chi connectivity index (χ2n) is 6.28. The van der Waals surface area contributed by atoms with E-state index in [4.69, 9.17) is 4.42 Å². The zero-order chi connectivity index (χ0) is 17.6. The highest BCUT2D eigenvalue weighted by atomic mass is 16.3. The second-order valence-corrected chi connectivity index (χ2v) is 6.28. The molecule has 3 aromatic rings. The lowest BCUT2D eigenvalue weighted by atomic mass is 10.1. The van der Waals surface area contributed by atoms with Crippen LogP contribution in [0.1, 0.15) is 36.3 Å². The molecule has 4 heteroatoms. The molecule has 4 nitrogen and oxygen atoms in total.